The molecule has 3 N–H and O–H groups in total. The molecule has 0 saturated heterocycles. The summed E-state index contributed by atoms with van der Waals surface area (Å²) in [6.07, 6.45) is 0. The van der Waals surface area contributed by atoms with E-state index in [2.05, 4.69) is 10.6 Å². The number of fused-ring (bicyclic) bond motifs is 1. The SMILES string of the molecule is O=C(Nc1cccc([N+](=O)[O-])c1)Nc1cccc2cc(O)ccc12. The van der Waals surface area contributed by atoms with Gasteiger partial charge in [-0.3, -0.25) is 10.1 Å². The number of phenolic OH excluding ortho intramolecular Hbond substituents is 1. The molecule has 7 heteroatoms. The van der Waals surface area contributed by atoms with Crippen LogP contribution in [-0.4, -0.2) is 16.1 Å². The van der Waals surface area contributed by atoms with Gasteiger partial charge < -0.3 is 15.7 Å². The number of amides is 2. The van der Waals surface area contributed by atoms with Gasteiger partial charge in [-0.2, -0.15) is 0 Å². The molecule has 24 heavy (non-hydrogen) atoms. The Morgan fingerprint density at radius 3 is 2.58 bits per heavy atom. The van der Waals surface area contributed by atoms with Crippen LogP contribution in [0.1, 0.15) is 0 Å². The Labute approximate surface area is 136 Å². The Balaban J connectivity index is 1.80. The number of rotatable bonds is 3. The molecule has 0 fully saturated rings. The molecule has 0 aromatic heterocycles. The van der Waals surface area contributed by atoms with Crippen molar-refractivity contribution in [1.82, 2.24) is 0 Å². The normalized spacial score (nSPS) is 10.3. The summed E-state index contributed by atoms with van der Waals surface area (Å²) in [5.41, 5.74) is 0.781. The Kier molecular flexibility index (Phi) is 3.98. The second-order valence-electron chi connectivity index (χ2n) is 5.10. The maximum absolute atomic E-state index is 12.1. The minimum absolute atomic E-state index is 0.103. The molecule has 0 spiro atoms. The molecule has 3 aromatic rings. The number of hydrogen-bond donors (Lipinski definition) is 3. The molecular weight excluding hydrogens is 310 g/mol. The van der Waals surface area contributed by atoms with Gasteiger partial charge >= 0.3 is 6.03 Å². The minimum Gasteiger partial charge on any atom is -0.508 e. The molecule has 3 aromatic carbocycles. The number of nitrogens with zero attached hydrogens (tertiary/aromatic N) is 1. The summed E-state index contributed by atoms with van der Waals surface area (Å²) < 4.78 is 0. The van der Waals surface area contributed by atoms with E-state index in [-0.39, 0.29) is 11.4 Å². The standard InChI is InChI=1S/C17H13N3O4/c21-14-7-8-15-11(9-14)3-1-6-16(15)19-17(22)18-12-4-2-5-13(10-12)20(23)24/h1-10,21H,(H2,18,19,22). The van der Waals surface area contributed by atoms with E-state index in [0.29, 0.717) is 11.4 Å². The number of carbonyl (C=O) groups is 1. The Morgan fingerprint density at radius 1 is 1.00 bits per heavy atom. The van der Waals surface area contributed by atoms with Crippen molar-refractivity contribution in [3.05, 3.63) is 70.8 Å². The van der Waals surface area contributed by atoms with E-state index in [1.54, 1.807) is 30.3 Å². The van der Waals surface area contributed by atoms with Crippen molar-refractivity contribution in [1.29, 1.82) is 0 Å². The monoisotopic (exact) mass is 323 g/mol. The molecule has 120 valence electrons. The molecule has 0 aliphatic heterocycles. The largest absolute Gasteiger partial charge is 0.508 e. The maximum atomic E-state index is 12.1. The first-order valence-corrected chi connectivity index (χ1v) is 7.07. The number of nitrogens with one attached hydrogen (secondary N) is 2. The first-order chi connectivity index (χ1) is 11.5. The Morgan fingerprint density at radius 2 is 1.79 bits per heavy atom. The molecule has 7 nitrogen and oxygen atoms in total. The second-order valence-corrected chi connectivity index (χ2v) is 5.10. The van der Waals surface area contributed by atoms with Crippen molar-refractivity contribution < 1.29 is 14.8 Å². The van der Waals surface area contributed by atoms with Gasteiger partial charge in [-0.15, -0.1) is 0 Å². The van der Waals surface area contributed by atoms with Crippen LogP contribution in [0.4, 0.5) is 21.9 Å². The van der Waals surface area contributed by atoms with Gasteiger partial charge in [0, 0.05) is 23.2 Å². The van der Waals surface area contributed by atoms with Crippen molar-refractivity contribution in [2.75, 3.05) is 10.6 Å². The molecule has 0 heterocycles. The van der Waals surface area contributed by atoms with Crippen LogP contribution in [-0.2, 0) is 0 Å². The van der Waals surface area contributed by atoms with Crippen LogP contribution in [0.3, 0.4) is 0 Å². The average molecular weight is 323 g/mol. The fraction of sp³-hybridized carbons (Fsp3) is 0. The lowest BCUT2D eigenvalue weighted by Crippen LogP contribution is -2.19. The second kappa shape index (κ2) is 6.25. The number of nitro benzene ring substituents is 1. The number of urea groups is 1. The lowest BCUT2D eigenvalue weighted by Gasteiger charge is -2.10. The fourth-order valence-electron chi connectivity index (χ4n) is 2.36. The van der Waals surface area contributed by atoms with Crippen LogP contribution in [0.2, 0.25) is 0 Å². The van der Waals surface area contributed by atoms with Crippen LogP contribution in [0, 0.1) is 10.1 Å². The van der Waals surface area contributed by atoms with E-state index in [9.17, 15) is 20.0 Å². The maximum Gasteiger partial charge on any atom is 0.323 e. The van der Waals surface area contributed by atoms with Crippen LogP contribution in [0.25, 0.3) is 10.8 Å². The van der Waals surface area contributed by atoms with E-state index >= 15 is 0 Å². The fourth-order valence-corrected chi connectivity index (χ4v) is 2.36. The molecule has 0 saturated carbocycles. The highest BCUT2D eigenvalue weighted by atomic mass is 16.6. The molecule has 0 radical (unpaired) electrons. The number of carbonyl (C=O) groups excluding carboxylic acids is 1. The third-order valence-electron chi connectivity index (χ3n) is 3.43. The first-order valence-electron chi connectivity index (χ1n) is 7.07. The molecule has 0 bridgehead atoms. The van der Waals surface area contributed by atoms with Crippen molar-refractivity contribution in [2.45, 2.75) is 0 Å². The quantitative estimate of drug-likeness (QED) is 0.498. The van der Waals surface area contributed by atoms with Crippen molar-refractivity contribution >= 4 is 33.9 Å². The highest BCUT2D eigenvalue weighted by Crippen LogP contribution is 2.26. The third-order valence-corrected chi connectivity index (χ3v) is 3.43. The zero-order chi connectivity index (χ0) is 17.1. The predicted octanol–water partition coefficient (Wildman–Crippen LogP) is 4.10. The molecule has 2 amide bonds. The molecule has 3 rings (SSSR count). The summed E-state index contributed by atoms with van der Waals surface area (Å²) in [6.45, 7) is 0. The van der Waals surface area contributed by atoms with E-state index < -0.39 is 11.0 Å². The van der Waals surface area contributed by atoms with Crippen molar-refractivity contribution in [3.8, 4) is 5.75 Å². The molecular formula is C17H13N3O4. The van der Waals surface area contributed by atoms with Gasteiger partial charge in [0.2, 0.25) is 0 Å². The number of aromatic hydroxyl groups is 1. The highest BCUT2D eigenvalue weighted by Gasteiger charge is 2.09. The zero-order valence-electron chi connectivity index (χ0n) is 12.4. The molecule has 0 unspecified atom stereocenters. The topological polar surface area (TPSA) is 104 Å². The minimum atomic E-state index is -0.528. The van der Waals surface area contributed by atoms with Crippen molar-refractivity contribution in [3.63, 3.8) is 0 Å². The number of phenols is 1. The lowest BCUT2D eigenvalue weighted by atomic mass is 10.1. The molecule has 0 atom stereocenters. The van der Waals surface area contributed by atoms with Crippen LogP contribution >= 0.6 is 0 Å². The van der Waals surface area contributed by atoms with Gasteiger partial charge in [0.15, 0.2) is 0 Å². The number of hydrogen-bond acceptors (Lipinski definition) is 4. The summed E-state index contributed by atoms with van der Waals surface area (Å²) in [7, 11) is 0. The summed E-state index contributed by atoms with van der Waals surface area (Å²) in [5, 5.41) is 27.1. The third kappa shape index (κ3) is 3.25. The number of non-ortho nitro benzene ring substituents is 1. The van der Waals surface area contributed by atoms with E-state index in [1.807, 2.05) is 6.07 Å². The lowest BCUT2D eigenvalue weighted by molar-refractivity contribution is -0.384. The zero-order valence-corrected chi connectivity index (χ0v) is 12.4. The summed E-state index contributed by atoms with van der Waals surface area (Å²) in [4.78, 5) is 22.4. The number of benzene rings is 3. The summed E-state index contributed by atoms with van der Waals surface area (Å²) >= 11 is 0. The smallest absolute Gasteiger partial charge is 0.323 e. The molecule has 0 aliphatic carbocycles. The van der Waals surface area contributed by atoms with Crippen LogP contribution in [0.15, 0.2) is 60.7 Å². The highest BCUT2D eigenvalue weighted by molar-refractivity contribution is 6.06. The van der Waals surface area contributed by atoms with E-state index in [1.165, 1.54) is 24.3 Å². The van der Waals surface area contributed by atoms with E-state index in [0.717, 1.165) is 10.8 Å². The van der Waals surface area contributed by atoms with Gasteiger partial charge in [0.05, 0.1) is 10.6 Å². The summed E-state index contributed by atoms with van der Waals surface area (Å²) in [5.74, 6) is 0.140. The number of anilines is 2. The van der Waals surface area contributed by atoms with Gasteiger partial charge in [0.1, 0.15) is 5.75 Å². The Bertz CT molecular complexity index is 940. The van der Waals surface area contributed by atoms with E-state index in [4.69, 9.17) is 0 Å². The number of nitro groups is 1. The molecule has 0 aliphatic rings. The summed E-state index contributed by atoms with van der Waals surface area (Å²) in [6, 6.07) is 15.3. The van der Waals surface area contributed by atoms with Gasteiger partial charge in [-0.05, 0) is 35.7 Å². The van der Waals surface area contributed by atoms with Crippen LogP contribution in [0.5, 0.6) is 5.75 Å². The first kappa shape index (κ1) is 15.3. The van der Waals surface area contributed by atoms with Crippen molar-refractivity contribution in [2.24, 2.45) is 0 Å². The van der Waals surface area contributed by atoms with Gasteiger partial charge in [-0.1, -0.05) is 18.2 Å². The average Bonchev–Trinajstić information content (AvgIpc) is 2.55. The predicted molar refractivity (Wildman–Crippen MR) is 91.4 cm³/mol. The van der Waals surface area contributed by atoms with Gasteiger partial charge in [-0.25, -0.2) is 4.79 Å². The van der Waals surface area contributed by atoms with Crippen LogP contribution < -0.4 is 10.6 Å². The van der Waals surface area contributed by atoms with Gasteiger partial charge in [0.25, 0.3) is 5.69 Å². The Hall–Kier alpha value is -3.61.